The Hall–Kier alpha value is -1.78. The predicted molar refractivity (Wildman–Crippen MR) is 147 cm³/mol. The molecule has 2 rings (SSSR count). The number of hydrogen-bond acceptors (Lipinski definition) is 4. The van der Waals surface area contributed by atoms with Crippen molar-refractivity contribution in [3.63, 3.8) is 0 Å². The van der Waals surface area contributed by atoms with Crippen molar-refractivity contribution in [3.8, 4) is 11.5 Å². The highest BCUT2D eigenvalue weighted by Gasteiger charge is 2.33. The normalized spacial score (nSPS) is 18.3. The van der Waals surface area contributed by atoms with Crippen LogP contribution in [-0.4, -0.2) is 26.8 Å². The van der Waals surface area contributed by atoms with Crippen molar-refractivity contribution in [2.45, 2.75) is 105 Å². The first-order valence-electron chi connectivity index (χ1n) is 13.7. The van der Waals surface area contributed by atoms with E-state index < -0.39 is 0 Å². The van der Waals surface area contributed by atoms with Gasteiger partial charge in [0.1, 0.15) is 11.5 Å². The molecule has 0 amide bonds. The third-order valence-corrected chi connectivity index (χ3v) is 7.26. The fraction of sp³-hybridized carbons (Fsp3) is 0.677. The summed E-state index contributed by atoms with van der Waals surface area (Å²) in [7, 11) is 0. The van der Waals surface area contributed by atoms with Crippen molar-refractivity contribution in [3.05, 3.63) is 47.1 Å². The molecular weight excluding hydrogens is 436 g/mol. The lowest BCUT2D eigenvalue weighted by Gasteiger charge is -2.34. The van der Waals surface area contributed by atoms with Gasteiger partial charge < -0.3 is 18.9 Å². The van der Waals surface area contributed by atoms with Crippen LogP contribution in [-0.2, 0) is 14.9 Å². The molecule has 4 heteroatoms. The molecule has 0 saturated heterocycles. The summed E-state index contributed by atoms with van der Waals surface area (Å²) in [6.45, 7) is 21.3. The number of unbranched alkanes of at least 4 members (excludes halogenated alkanes) is 3. The topological polar surface area (TPSA) is 36.9 Å². The summed E-state index contributed by atoms with van der Waals surface area (Å²) < 4.78 is 23.9. The zero-order valence-electron chi connectivity index (χ0n) is 23.5. The molecule has 1 aromatic carbocycles. The van der Waals surface area contributed by atoms with Crippen LogP contribution >= 0.6 is 0 Å². The molecule has 0 fully saturated rings. The van der Waals surface area contributed by atoms with Crippen LogP contribution < -0.4 is 9.47 Å². The number of ether oxygens (including phenoxy) is 4. The first-order chi connectivity index (χ1) is 16.7. The van der Waals surface area contributed by atoms with E-state index in [1.165, 1.54) is 42.4 Å². The lowest BCUT2D eigenvalue weighted by atomic mass is 9.72. The van der Waals surface area contributed by atoms with E-state index in [2.05, 4.69) is 59.4 Å². The summed E-state index contributed by atoms with van der Waals surface area (Å²) in [5, 5.41) is 0. The number of benzene rings is 1. The molecule has 0 N–H and O–H groups in total. The highest BCUT2D eigenvalue weighted by Crippen LogP contribution is 2.48. The van der Waals surface area contributed by atoms with Crippen molar-refractivity contribution in [1.29, 1.82) is 0 Å². The highest BCUT2D eigenvalue weighted by atomic mass is 16.7. The maximum Gasteiger partial charge on any atom is 0.189 e. The van der Waals surface area contributed by atoms with Gasteiger partial charge in [-0.2, -0.15) is 0 Å². The first-order valence-corrected chi connectivity index (χ1v) is 13.7. The molecular formula is C31H50O4. The smallest absolute Gasteiger partial charge is 0.189 e. The number of hydrogen-bond donors (Lipinski definition) is 0. The number of rotatable bonds is 16. The molecule has 2 atom stereocenters. The first kappa shape index (κ1) is 29.5. The fourth-order valence-corrected chi connectivity index (χ4v) is 4.98. The van der Waals surface area contributed by atoms with E-state index in [0.29, 0.717) is 19.1 Å². The van der Waals surface area contributed by atoms with Crippen molar-refractivity contribution in [2.24, 2.45) is 5.92 Å². The average molecular weight is 487 g/mol. The van der Waals surface area contributed by atoms with Gasteiger partial charge in [0.05, 0.1) is 0 Å². The van der Waals surface area contributed by atoms with Crippen LogP contribution in [0.4, 0.5) is 0 Å². The Bertz CT molecular complexity index is 792. The Morgan fingerprint density at radius 3 is 2.09 bits per heavy atom. The SMILES string of the molecule is C=C(C)C1CCC(C)=CC1c1c(OCOCC)cc(C(C)(C)CCCCCC)cc1OCOCC. The monoisotopic (exact) mass is 486 g/mol. The van der Waals surface area contributed by atoms with Crippen LogP contribution in [0.3, 0.4) is 0 Å². The van der Waals surface area contributed by atoms with Crippen molar-refractivity contribution < 1.29 is 18.9 Å². The van der Waals surface area contributed by atoms with Crippen molar-refractivity contribution in [2.75, 3.05) is 26.8 Å². The van der Waals surface area contributed by atoms with E-state index in [1.807, 2.05) is 13.8 Å². The molecule has 35 heavy (non-hydrogen) atoms. The maximum atomic E-state index is 6.32. The standard InChI is InChI=1S/C31H50O4/c1-9-12-13-14-17-31(7,8)25-19-28(34-21-32-10-2)30(29(20-25)35-22-33-11-3)27-18-24(6)15-16-26(27)23(4)5/h18-20,26-27H,4,9-17,21-22H2,1-3,5-8H3. The second-order valence-electron chi connectivity index (χ2n) is 10.6. The Balaban J connectivity index is 2.59. The second-order valence-corrected chi connectivity index (χ2v) is 10.6. The molecule has 0 aliphatic heterocycles. The molecule has 2 unspecified atom stereocenters. The molecule has 0 saturated carbocycles. The lowest BCUT2D eigenvalue weighted by Crippen LogP contribution is -2.22. The quantitative estimate of drug-likeness (QED) is 0.133. The Kier molecular flexibility index (Phi) is 12.4. The molecule has 0 aromatic heterocycles. The van der Waals surface area contributed by atoms with E-state index in [0.717, 1.165) is 36.3 Å². The van der Waals surface area contributed by atoms with Gasteiger partial charge in [0, 0.05) is 24.7 Å². The van der Waals surface area contributed by atoms with Crippen molar-refractivity contribution in [1.82, 2.24) is 0 Å². The molecule has 0 spiro atoms. The predicted octanol–water partition coefficient (Wildman–Crippen LogP) is 8.70. The van der Waals surface area contributed by atoms with Gasteiger partial charge >= 0.3 is 0 Å². The van der Waals surface area contributed by atoms with Crippen LogP contribution in [0.2, 0.25) is 0 Å². The minimum atomic E-state index is 0.00575. The van der Waals surface area contributed by atoms with Crippen LogP contribution in [0.25, 0.3) is 0 Å². The van der Waals surface area contributed by atoms with Gasteiger partial charge in [-0.3, -0.25) is 0 Å². The second kappa shape index (κ2) is 14.7. The Morgan fingerprint density at radius 2 is 1.57 bits per heavy atom. The molecule has 198 valence electrons. The van der Waals surface area contributed by atoms with Crippen LogP contribution in [0, 0.1) is 5.92 Å². The van der Waals surface area contributed by atoms with Gasteiger partial charge in [-0.25, -0.2) is 0 Å². The number of allylic oxidation sites excluding steroid dienone is 3. The van der Waals surface area contributed by atoms with Gasteiger partial charge in [0.15, 0.2) is 13.6 Å². The largest absolute Gasteiger partial charge is 0.467 e. The van der Waals surface area contributed by atoms with Crippen LogP contribution in [0.15, 0.2) is 35.9 Å². The van der Waals surface area contributed by atoms with Gasteiger partial charge in [-0.15, -0.1) is 0 Å². The summed E-state index contributed by atoms with van der Waals surface area (Å²) in [4.78, 5) is 0. The minimum Gasteiger partial charge on any atom is -0.467 e. The third-order valence-electron chi connectivity index (χ3n) is 7.26. The zero-order valence-corrected chi connectivity index (χ0v) is 23.5. The lowest BCUT2D eigenvalue weighted by molar-refractivity contribution is 0.0164. The van der Waals surface area contributed by atoms with E-state index in [-0.39, 0.29) is 24.9 Å². The summed E-state index contributed by atoms with van der Waals surface area (Å²) in [6, 6.07) is 4.46. The zero-order chi connectivity index (χ0) is 25.8. The van der Waals surface area contributed by atoms with Crippen LogP contribution in [0.1, 0.15) is 110 Å². The van der Waals surface area contributed by atoms with E-state index in [9.17, 15) is 0 Å². The maximum absolute atomic E-state index is 6.32. The van der Waals surface area contributed by atoms with E-state index in [4.69, 9.17) is 18.9 Å². The van der Waals surface area contributed by atoms with Crippen LogP contribution in [0.5, 0.6) is 11.5 Å². The third kappa shape index (κ3) is 8.68. The van der Waals surface area contributed by atoms with E-state index in [1.54, 1.807) is 0 Å². The van der Waals surface area contributed by atoms with Crippen molar-refractivity contribution >= 4 is 0 Å². The van der Waals surface area contributed by atoms with Gasteiger partial charge in [-0.1, -0.05) is 70.3 Å². The molecule has 0 heterocycles. The summed E-state index contributed by atoms with van der Waals surface area (Å²) in [5.74, 6) is 2.20. The Morgan fingerprint density at radius 1 is 0.971 bits per heavy atom. The average Bonchev–Trinajstić information content (AvgIpc) is 2.81. The van der Waals surface area contributed by atoms with Gasteiger partial charge in [-0.05, 0) is 76.0 Å². The van der Waals surface area contributed by atoms with Gasteiger partial charge in [0.25, 0.3) is 0 Å². The molecule has 0 radical (unpaired) electrons. The fourth-order valence-electron chi connectivity index (χ4n) is 4.98. The summed E-state index contributed by atoms with van der Waals surface area (Å²) >= 11 is 0. The highest BCUT2D eigenvalue weighted by molar-refractivity contribution is 5.54. The molecule has 4 nitrogen and oxygen atoms in total. The summed E-state index contributed by atoms with van der Waals surface area (Å²) in [5.41, 5.74) is 4.93. The minimum absolute atomic E-state index is 0.00575. The molecule has 1 aliphatic rings. The molecule has 0 bridgehead atoms. The Labute approximate surface area is 215 Å². The molecule has 1 aliphatic carbocycles. The molecule has 1 aromatic rings. The summed E-state index contributed by atoms with van der Waals surface area (Å²) in [6.07, 6.45) is 10.7. The van der Waals surface area contributed by atoms with E-state index >= 15 is 0 Å². The van der Waals surface area contributed by atoms with Gasteiger partial charge in [0.2, 0.25) is 0 Å².